The third kappa shape index (κ3) is 4.05. The normalized spacial score (nSPS) is 29.2. The van der Waals surface area contributed by atoms with Crippen LogP contribution in [0.5, 0.6) is 0 Å². The lowest BCUT2D eigenvalue weighted by atomic mass is 9.94. The molecular formula is C12H19Cl. The molecule has 0 saturated heterocycles. The number of halogens is 1. The van der Waals surface area contributed by atoms with Crippen molar-refractivity contribution in [2.45, 2.75) is 56.7 Å². The van der Waals surface area contributed by atoms with E-state index in [1.807, 2.05) is 0 Å². The summed E-state index contributed by atoms with van der Waals surface area (Å²) in [5.74, 6) is 3.43. The molecule has 2 atom stereocenters. The fourth-order valence-corrected chi connectivity index (χ4v) is 2.54. The summed E-state index contributed by atoms with van der Waals surface area (Å²) >= 11 is 6.31. The lowest BCUT2D eigenvalue weighted by molar-refractivity contribution is 0.424. The molecule has 0 heterocycles. The van der Waals surface area contributed by atoms with Crippen LogP contribution in [0.1, 0.15) is 51.4 Å². The maximum absolute atomic E-state index is 6.31. The molecule has 0 aliphatic heterocycles. The number of rotatable bonds is 3. The topological polar surface area (TPSA) is 0 Å². The monoisotopic (exact) mass is 198 g/mol. The van der Waals surface area contributed by atoms with Crippen molar-refractivity contribution >= 4 is 11.6 Å². The van der Waals surface area contributed by atoms with Gasteiger partial charge in [-0.1, -0.05) is 19.3 Å². The van der Waals surface area contributed by atoms with Gasteiger partial charge in [-0.2, -0.15) is 0 Å². The van der Waals surface area contributed by atoms with Gasteiger partial charge in [-0.3, -0.25) is 0 Å². The smallest absolute Gasteiger partial charge is 0.0364 e. The molecule has 1 fully saturated rings. The lowest BCUT2D eigenvalue weighted by Crippen LogP contribution is -2.12. The summed E-state index contributed by atoms with van der Waals surface area (Å²) in [7, 11) is 0. The molecule has 0 N–H and O–H groups in total. The van der Waals surface area contributed by atoms with Crippen LogP contribution >= 0.6 is 11.6 Å². The minimum absolute atomic E-state index is 0.417. The molecule has 0 radical (unpaired) electrons. The van der Waals surface area contributed by atoms with Crippen LogP contribution in [0.4, 0.5) is 0 Å². The van der Waals surface area contributed by atoms with Crippen molar-refractivity contribution in [3.8, 4) is 12.3 Å². The highest BCUT2D eigenvalue weighted by Crippen LogP contribution is 2.30. The van der Waals surface area contributed by atoms with Crippen LogP contribution in [-0.4, -0.2) is 5.38 Å². The van der Waals surface area contributed by atoms with E-state index >= 15 is 0 Å². The predicted octanol–water partition coefficient (Wildman–Crippen LogP) is 3.98. The van der Waals surface area contributed by atoms with E-state index in [0.717, 1.165) is 18.8 Å². The molecule has 2 unspecified atom stereocenters. The third-order valence-corrected chi connectivity index (χ3v) is 3.54. The summed E-state index contributed by atoms with van der Waals surface area (Å²) in [6.07, 6.45) is 15.1. The van der Waals surface area contributed by atoms with Crippen molar-refractivity contribution in [2.75, 3.05) is 0 Å². The Hall–Kier alpha value is -0.150. The second-order valence-electron chi connectivity index (χ2n) is 4.01. The van der Waals surface area contributed by atoms with Crippen molar-refractivity contribution < 1.29 is 0 Å². The van der Waals surface area contributed by atoms with Crippen molar-refractivity contribution in [3.05, 3.63) is 0 Å². The van der Waals surface area contributed by atoms with Gasteiger partial charge in [-0.15, -0.1) is 23.9 Å². The fourth-order valence-electron chi connectivity index (χ4n) is 2.13. The SMILES string of the molecule is C#CCCCC1CCCCCC1Cl. The van der Waals surface area contributed by atoms with Gasteiger partial charge in [0.2, 0.25) is 0 Å². The molecule has 0 bridgehead atoms. The van der Waals surface area contributed by atoms with Gasteiger partial charge in [0.1, 0.15) is 0 Å². The van der Waals surface area contributed by atoms with Crippen LogP contribution in [0.15, 0.2) is 0 Å². The Labute approximate surface area is 87.1 Å². The molecule has 1 rings (SSSR count). The Morgan fingerprint density at radius 1 is 1.23 bits per heavy atom. The summed E-state index contributed by atoms with van der Waals surface area (Å²) < 4.78 is 0. The standard InChI is InChI=1S/C12H19Cl/c1-2-3-5-8-11-9-6-4-7-10-12(11)13/h1,11-12H,3-10H2. The fraction of sp³-hybridized carbons (Fsp3) is 0.833. The van der Waals surface area contributed by atoms with Gasteiger partial charge in [0.05, 0.1) is 0 Å². The van der Waals surface area contributed by atoms with E-state index in [0.29, 0.717) is 5.38 Å². The molecule has 0 amide bonds. The van der Waals surface area contributed by atoms with E-state index in [-0.39, 0.29) is 0 Å². The summed E-state index contributed by atoms with van der Waals surface area (Å²) in [5, 5.41) is 0.417. The quantitative estimate of drug-likeness (QED) is 0.279. The van der Waals surface area contributed by atoms with E-state index < -0.39 is 0 Å². The Bertz CT molecular complexity index is 168. The molecule has 1 saturated carbocycles. The molecule has 0 nitrogen and oxygen atoms in total. The van der Waals surface area contributed by atoms with E-state index in [1.54, 1.807) is 0 Å². The molecule has 1 heteroatoms. The molecule has 74 valence electrons. The summed E-state index contributed by atoms with van der Waals surface area (Å²) in [5.41, 5.74) is 0. The summed E-state index contributed by atoms with van der Waals surface area (Å²) in [6, 6.07) is 0. The van der Waals surface area contributed by atoms with Gasteiger partial charge < -0.3 is 0 Å². The van der Waals surface area contributed by atoms with Crippen LogP contribution in [-0.2, 0) is 0 Å². The first-order valence-corrected chi connectivity index (χ1v) is 5.85. The minimum Gasteiger partial charge on any atom is -0.123 e. The Balaban J connectivity index is 2.24. The van der Waals surface area contributed by atoms with Gasteiger partial charge in [-0.25, -0.2) is 0 Å². The maximum Gasteiger partial charge on any atom is 0.0364 e. The van der Waals surface area contributed by atoms with E-state index in [4.69, 9.17) is 18.0 Å². The van der Waals surface area contributed by atoms with E-state index in [2.05, 4.69) is 5.92 Å². The predicted molar refractivity (Wildman–Crippen MR) is 58.9 cm³/mol. The Morgan fingerprint density at radius 2 is 2.00 bits per heavy atom. The first-order chi connectivity index (χ1) is 6.34. The zero-order valence-corrected chi connectivity index (χ0v) is 9.02. The maximum atomic E-state index is 6.31. The first kappa shape index (κ1) is 10.9. The van der Waals surface area contributed by atoms with Crippen molar-refractivity contribution in [2.24, 2.45) is 5.92 Å². The lowest BCUT2D eigenvalue weighted by Gasteiger charge is -2.18. The van der Waals surface area contributed by atoms with Gasteiger partial charge in [-0.05, 0) is 31.6 Å². The highest BCUT2D eigenvalue weighted by molar-refractivity contribution is 6.20. The molecule has 1 aliphatic carbocycles. The largest absolute Gasteiger partial charge is 0.123 e. The van der Waals surface area contributed by atoms with Gasteiger partial charge in [0.15, 0.2) is 0 Å². The zero-order valence-electron chi connectivity index (χ0n) is 8.27. The van der Waals surface area contributed by atoms with E-state index in [1.165, 1.54) is 38.5 Å². The van der Waals surface area contributed by atoms with Crippen LogP contribution in [0, 0.1) is 18.3 Å². The summed E-state index contributed by atoms with van der Waals surface area (Å²) in [6.45, 7) is 0. The highest BCUT2D eigenvalue weighted by atomic mass is 35.5. The van der Waals surface area contributed by atoms with Crippen molar-refractivity contribution in [1.82, 2.24) is 0 Å². The number of terminal acetylenes is 1. The summed E-state index contributed by atoms with van der Waals surface area (Å²) in [4.78, 5) is 0. The zero-order chi connectivity index (χ0) is 9.52. The van der Waals surface area contributed by atoms with Crippen LogP contribution in [0.2, 0.25) is 0 Å². The van der Waals surface area contributed by atoms with Gasteiger partial charge >= 0.3 is 0 Å². The molecular weight excluding hydrogens is 180 g/mol. The van der Waals surface area contributed by atoms with Crippen molar-refractivity contribution in [1.29, 1.82) is 0 Å². The minimum atomic E-state index is 0.417. The van der Waals surface area contributed by atoms with Crippen LogP contribution < -0.4 is 0 Å². The average Bonchev–Trinajstić information content (AvgIpc) is 2.32. The Morgan fingerprint density at radius 3 is 2.77 bits per heavy atom. The molecule has 0 aromatic heterocycles. The first-order valence-electron chi connectivity index (χ1n) is 5.42. The van der Waals surface area contributed by atoms with Crippen molar-refractivity contribution in [3.63, 3.8) is 0 Å². The van der Waals surface area contributed by atoms with Gasteiger partial charge in [0.25, 0.3) is 0 Å². The Kier molecular flexibility index (Phi) is 5.32. The average molecular weight is 199 g/mol. The van der Waals surface area contributed by atoms with Crippen LogP contribution in [0.3, 0.4) is 0 Å². The number of hydrogen-bond acceptors (Lipinski definition) is 0. The van der Waals surface area contributed by atoms with Crippen LogP contribution in [0.25, 0.3) is 0 Å². The third-order valence-electron chi connectivity index (χ3n) is 2.96. The van der Waals surface area contributed by atoms with Gasteiger partial charge in [0, 0.05) is 11.8 Å². The van der Waals surface area contributed by atoms with E-state index in [9.17, 15) is 0 Å². The molecule has 0 aromatic rings. The number of hydrogen-bond donors (Lipinski definition) is 0. The molecule has 13 heavy (non-hydrogen) atoms. The highest BCUT2D eigenvalue weighted by Gasteiger charge is 2.20. The molecule has 1 aliphatic rings. The number of alkyl halides is 1. The molecule has 0 spiro atoms. The molecule has 0 aromatic carbocycles. The second-order valence-corrected chi connectivity index (χ2v) is 4.57. The second kappa shape index (κ2) is 6.33. The number of unbranched alkanes of at least 4 members (excludes halogenated alkanes) is 1.